The number of hydrogen-bond acceptors (Lipinski definition) is 4. The Bertz CT molecular complexity index is 533. The van der Waals surface area contributed by atoms with Gasteiger partial charge in [0.1, 0.15) is 0 Å². The molecule has 3 rings (SSSR count). The van der Waals surface area contributed by atoms with E-state index >= 15 is 0 Å². The average molecular weight is 304 g/mol. The Morgan fingerprint density at radius 3 is 3.05 bits per heavy atom. The van der Waals surface area contributed by atoms with E-state index in [1.165, 1.54) is 25.8 Å². The third-order valence-electron chi connectivity index (χ3n) is 4.48. The monoisotopic (exact) mass is 304 g/mol. The Balaban J connectivity index is 1.42. The quantitative estimate of drug-likeness (QED) is 0.849. The fourth-order valence-corrected chi connectivity index (χ4v) is 3.11. The van der Waals surface area contributed by atoms with Crippen molar-refractivity contribution in [1.82, 2.24) is 10.2 Å². The SMILES string of the molecule is CC1CCCCN1CCCNC(=O)c1ccc2c(c1)OCO2. The molecule has 0 radical (unpaired) electrons. The van der Waals surface area contributed by atoms with Gasteiger partial charge in [0, 0.05) is 24.7 Å². The third-order valence-corrected chi connectivity index (χ3v) is 4.48. The van der Waals surface area contributed by atoms with Crippen molar-refractivity contribution in [2.45, 2.75) is 38.6 Å². The van der Waals surface area contributed by atoms with E-state index in [1.54, 1.807) is 18.2 Å². The minimum absolute atomic E-state index is 0.0509. The van der Waals surface area contributed by atoms with Crippen molar-refractivity contribution in [3.8, 4) is 11.5 Å². The number of carbonyl (C=O) groups excluding carboxylic acids is 1. The summed E-state index contributed by atoms with van der Waals surface area (Å²) in [5.74, 6) is 1.30. The minimum atomic E-state index is -0.0509. The fraction of sp³-hybridized carbons (Fsp3) is 0.588. The average Bonchev–Trinajstić information content (AvgIpc) is 3.00. The lowest BCUT2D eigenvalue weighted by Gasteiger charge is -2.33. The van der Waals surface area contributed by atoms with Crippen LogP contribution in [0.15, 0.2) is 18.2 Å². The number of ether oxygens (including phenoxy) is 2. The third kappa shape index (κ3) is 3.53. The summed E-state index contributed by atoms with van der Waals surface area (Å²) in [6.45, 7) is 5.48. The van der Waals surface area contributed by atoms with Gasteiger partial charge in [-0.2, -0.15) is 0 Å². The van der Waals surface area contributed by atoms with Crippen LogP contribution in [0.2, 0.25) is 0 Å². The predicted molar refractivity (Wildman–Crippen MR) is 84.4 cm³/mol. The maximum absolute atomic E-state index is 12.1. The molecule has 1 aromatic carbocycles. The first-order valence-corrected chi connectivity index (χ1v) is 8.16. The van der Waals surface area contributed by atoms with E-state index in [1.807, 2.05) is 0 Å². The van der Waals surface area contributed by atoms with Crippen LogP contribution >= 0.6 is 0 Å². The number of benzene rings is 1. The molecule has 0 bridgehead atoms. The highest BCUT2D eigenvalue weighted by Crippen LogP contribution is 2.32. The van der Waals surface area contributed by atoms with Crippen molar-refractivity contribution in [3.05, 3.63) is 23.8 Å². The van der Waals surface area contributed by atoms with Crippen molar-refractivity contribution in [2.24, 2.45) is 0 Å². The minimum Gasteiger partial charge on any atom is -0.454 e. The zero-order valence-corrected chi connectivity index (χ0v) is 13.1. The summed E-state index contributed by atoms with van der Waals surface area (Å²) in [5, 5.41) is 2.98. The summed E-state index contributed by atoms with van der Waals surface area (Å²) in [5.41, 5.74) is 0.621. The molecular weight excluding hydrogens is 280 g/mol. The molecule has 5 nitrogen and oxygen atoms in total. The number of nitrogens with zero attached hydrogens (tertiary/aromatic N) is 1. The zero-order chi connectivity index (χ0) is 15.4. The van der Waals surface area contributed by atoms with Crippen molar-refractivity contribution >= 4 is 5.91 Å². The molecule has 1 aromatic rings. The van der Waals surface area contributed by atoms with Gasteiger partial charge in [0.05, 0.1) is 0 Å². The van der Waals surface area contributed by atoms with Gasteiger partial charge in [0.2, 0.25) is 6.79 Å². The Hall–Kier alpha value is -1.75. The second kappa shape index (κ2) is 7.01. The van der Waals surface area contributed by atoms with Gasteiger partial charge in [-0.25, -0.2) is 0 Å². The molecule has 2 aliphatic rings. The standard InChI is InChI=1S/C17H24N2O3/c1-13-5-2-3-9-19(13)10-4-8-18-17(20)14-6-7-15-16(11-14)22-12-21-15/h6-7,11,13H,2-5,8-10,12H2,1H3,(H,18,20). The molecule has 1 saturated heterocycles. The highest BCUT2D eigenvalue weighted by Gasteiger charge is 2.18. The first-order valence-electron chi connectivity index (χ1n) is 8.16. The van der Waals surface area contributed by atoms with Crippen molar-refractivity contribution < 1.29 is 14.3 Å². The zero-order valence-electron chi connectivity index (χ0n) is 13.1. The Morgan fingerprint density at radius 1 is 1.32 bits per heavy atom. The molecular formula is C17H24N2O3. The lowest BCUT2D eigenvalue weighted by atomic mass is 10.0. The molecule has 2 heterocycles. The highest BCUT2D eigenvalue weighted by atomic mass is 16.7. The largest absolute Gasteiger partial charge is 0.454 e. The number of amides is 1. The van der Waals surface area contributed by atoms with E-state index in [2.05, 4.69) is 17.1 Å². The van der Waals surface area contributed by atoms with Crippen LogP contribution in [0.1, 0.15) is 43.0 Å². The van der Waals surface area contributed by atoms with Crippen LogP contribution in [0.4, 0.5) is 0 Å². The first kappa shape index (κ1) is 15.2. The molecule has 1 amide bonds. The summed E-state index contributed by atoms with van der Waals surface area (Å²) in [7, 11) is 0. The van der Waals surface area contributed by atoms with Crippen molar-refractivity contribution in [3.63, 3.8) is 0 Å². The van der Waals surface area contributed by atoms with Gasteiger partial charge in [-0.15, -0.1) is 0 Å². The molecule has 1 atom stereocenters. The lowest BCUT2D eigenvalue weighted by molar-refractivity contribution is 0.0948. The number of nitrogens with one attached hydrogen (secondary N) is 1. The Kier molecular flexibility index (Phi) is 4.83. The highest BCUT2D eigenvalue weighted by molar-refractivity contribution is 5.94. The summed E-state index contributed by atoms with van der Waals surface area (Å²) < 4.78 is 10.5. The summed E-state index contributed by atoms with van der Waals surface area (Å²) in [4.78, 5) is 14.7. The van der Waals surface area contributed by atoms with Crippen LogP contribution in [0.25, 0.3) is 0 Å². The first-order chi connectivity index (χ1) is 10.7. The van der Waals surface area contributed by atoms with Crippen molar-refractivity contribution in [2.75, 3.05) is 26.4 Å². The second-order valence-electron chi connectivity index (χ2n) is 6.06. The number of fused-ring (bicyclic) bond motifs is 1. The van der Waals surface area contributed by atoms with E-state index in [0.29, 0.717) is 29.6 Å². The molecule has 5 heteroatoms. The maximum Gasteiger partial charge on any atom is 0.251 e. The second-order valence-corrected chi connectivity index (χ2v) is 6.06. The van der Waals surface area contributed by atoms with Crippen LogP contribution in [-0.4, -0.2) is 43.3 Å². The molecule has 1 fully saturated rings. The topological polar surface area (TPSA) is 50.8 Å². The summed E-state index contributed by atoms with van der Waals surface area (Å²) in [6, 6.07) is 5.98. The van der Waals surface area contributed by atoms with Gasteiger partial charge in [-0.3, -0.25) is 4.79 Å². The molecule has 120 valence electrons. The van der Waals surface area contributed by atoms with Gasteiger partial charge < -0.3 is 19.7 Å². The molecule has 1 N–H and O–H groups in total. The van der Waals surface area contributed by atoms with E-state index in [9.17, 15) is 4.79 Å². The van der Waals surface area contributed by atoms with Gasteiger partial charge in [-0.05, 0) is 50.9 Å². The molecule has 22 heavy (non-hydrogen) atoms. The summed E-state index contributed by atoms with van der Waals surface area (Å²) in [6.07, 6.45) is 4.93. The van der Waals surface area contributed by atoms with E-state index < -0.39 is 0 Å². The van der Waals surface area contributed by atoms with Crippen LogP contribution in [-0.2, 0) is 0 Å². The normalized spacial score (nSPS) is 20.9. The molecule has 0 saturated carbocycles. The molecule has 1 unspecified atom stereocenters. The summed E-state index contributed by atoms with van der Waals surface area (Å²) >= 11 is 0. The number of likely N-dealkylation sites (tertiary alicyclic amines) is 1. The predicted octanol–water partition coefficient (Wildman–Crippen LogP) is 2.41. The van der Waals surface area contributed by atoms with Crippen LogP contribution in [0.3, 0.4) is 0 Å². The number of carbonyl (C=O) groups is 1. The van der Waals surface area contributed by atoms with E-state index in [0.717, 1.165) is 13.0 Å². The maximum atomic E-state index is 12.1. The van der Waals surface area contributed by atoms with Crippen molar-refractivity contribution in [1.29, 1.82) is 0 Å². The lowest BCUT2D eigenvalue weighted by Crippen LogP contribution is -2.39. The number of hydrogen-bond donors (Lipinski definition) is 1. The van der Waals surface area contributed by atoms with Crippen LogP contribution in [0.5, 0.6) is 11.5 Å². The molecule has 2 aliphatic heterocycles. The Morgan fingerprint density at radius 2 is 2.18 bits per heavy atom. The Labute approximate surface area is 131 Å². The number of piperidine rings is 1. The molecule has 0 spiro atoms. The van der Waals surface area contributed by atoms with E-state index in [-0.39, 0.29) is 12.7 Å². The fourth-order valence-electron chi connectivity index (χ4n) is 3.11. The molecule has 0 aliphatic carbocycles. The van der Waals surface area contributed by atoms with Crippen LogP contribution in [0, 0.1) is 0 Å². The van der Waals surface area contributed by atoms with Gasteiger partial charge >= 0.3 is 0 Å². The smallest absolute Gasteiger partial charge is 0.251 e. The van der Waals surface area contributed by atoms with Gasteiger partial charge in [0.15, 0.2) is 11.5 Å². The molecule has 0 aromatic heterocycles. The van der Waals surface area contributed by atoms with Crippen LogP contribution < -0.4 is 14.8 Å². The van der Waals surface area contributed by atoms with E-state index in [4.69, 9.17) is 9.47 Å². The van der Waals surface area contributed by atoms with Gasteiger partial charge in [0.25, 0.3) is 5.91 Å². The number of rotatable bonds is 5. The van der Waals surface area contributed by atoms with Gasteiger partial charge in [-0.1, -0.05) is 6.42 Å².